The van der Waals surface area contributed by atoms with Crippen molar-refractivity contribution < 1.29 is 4.79 Å². The van der Waals surface area contributed by atoms with Gasteiger partial charge in [-0.3, -0.25) is 4.79 Å². The molecule has 0 atom stereocenters. The van der Waals surface area contributed by atoms with Crippen LogP contribution < -0.4 is 0 Å². The Balaban J connectivity index is 1.94. The molecule has 0 saturated carbocycles. The highest BCUT2D eigenvalue weighted by Gasteiger charge is 2.13. The summed E-state index contributed by atoms with van der Waals surface area (Å²) in [7, 11) is 0. The van der Waals surface area contributed by atoms with Crippen LogP contribution in [-0.2, 0) is 11.3 Å². The monoisotopic (exact) mass is 319 g/mol. The van der Waals surface area contributed by atoms with Gasteiger partial charge in [0.25, 0.3) is 0 Å². The molecule has 0 radical (unpaired) electrons. The standard InChI is InChI=1S/C17H21NOS2/c1-4-18(11-15-6-5-9-20-15)17(19)12-21-16-10-13(2)7-8-14(16)3/h5-10H,4,11-12H2,1-3H3. The minimum atomic E-state index is 0.205. The van der Waals surface area contributed by atoms with Crippen LogP contribution in [0.2, 0.25) is 0 Å². The van der Waals surface area contributed by atoms with E-state index in [1.165, 1.54) is 20.9 Å². The van der Waals surface area contributed by atoms with Crippen LogP contribution in [0.4, 0.5) is 0 Å². The molecule has 2 aromatic rings. The minimum absolute atomic E-state index is 0.205. The van der Waals surface area contributed by atoms with Crippen LogP contribution in [0.5, 0.6) is 0 Å². The first kappa shape index (κ1) is 16.1. The number of nitrogens with zero attached hydrogens (tertiary/aromatic N) is 1. The lowest BCUT2D eigenvalue weighted by atomic mass is 10.2. The van der Waals surface area contributed by atoms with Gasteiger partial charge in [0.05, 0.1) is 12.3 Å². The molecule has 0 aliphatic heterocycles. The van der Waals surface area contributed by atoms with Gasteiger partial charge in [-0.15, -0.1) is 23.1 Å². The number of thioether (sulfide) groups is 1. The van der Waals surface area contributed by atoms with Gasteiger partial charge in [0.15, 0.2) is 0 Å². The van der Waals surface area contributed by atoms with Crippen LogP contribution in [0, 0.1) is 13.8 Å². The molecule has 0 N–H and O–H groups in total. The molecule has 1 aromatic heterocycles. The topological polar surface area (TPSA) is 20.3 Å². The number of rotatable bonds is 6. The van der Waals surface area contributed by atoms with Crippen LogP contribution in [0.3, 0.4) is 0 Å². The maximum atomic E-state index is 12.4. The fourth-order valence-corrected chi connectivity index (χ4v) is 3.81. The average molecular weight is 319 g/mol. The van der Waals surface area contributed by atoms with E-state index in [-0.39, 0.29) is 5.91 Å². The molecule has 1 heterocycles. The predicted octanol–water partition coefficient (Wildman–Crippen LogP) is 4.51. The van der Waals surface area contributed by atoms with Crippen LogP contribution >= 0.6 is 23.1 Å². The zero-order valence-corrected chi connectivity index (χ0v) is 14.4. The summed E-state index contributed by atoms with van der Waals surface area (Å²) in [6.45, 7) is 7.69. The SMILES string of the molecule is CCN(Cc1cccs1)C(=O)CSc1cc(C)ccc1C. The first-order valence-corrected chi connectivity index (χ1v) is 8.97. The smallest absolute Gasteiger partial charge is 0.233 e. The van der Waals surface area contributed by atoms with E-state index in [1.54, 1.807) is 23.1 Å². The molecule has 0 saturated heterocycles. The first-order chi connectivity index (χ1) is 10.1. The zero-order valence-electron chi connectivity index (χ0n) is 12.8. The second-order valence-electron chi connectivity index (χ2n) is 5.04. The van der Waals surface area contributed by atoms with Crippen molar-refractivity contribution in [3.63, 3.8) is 0 Å². The van der Waals surface area contributed by atoms with E-state index in [2.05, 4.69) is 43.5 Å². The summed E-state index contributed by atoms with van der Waals surface area (Å²) >= 11 is 3.34. The number of amides is 1. The van der Waals surface area contributed by atoms with E-state index in [9.17, 15) is 4.79 Å². The van der Waals surface area contributed by atoms with E-state index in [0.717, 1.165) is 13.1 Å². The zero-order chi connectivity index (χ0) is 15.2. The van der Waals surface area contributed by atoms with E-state index < -0.39 is 0 Å². The molecule has 1 amide bonds. The van der Waals surface area contributed by atoms with Crippen molar-refractivity contribution in [2.24, 2.45) is 0 Å². The Morgan fingerprint density at radius 1 is 1.29 bits per heavy atom. The van der Waals surface area contributed by atoms with E-state index >= 15 is 0 Å². The Kier molecular flexibility index (Phi) is 5.88. The molecule has 0 aliphatic rings. The highest BCUT2D eigenvalue weighted by molar-refractivity contribution is 8.00. The van der Waals surface area contributed by atoms with Gasteiger partial charge in [-0.05, 0) is 43.8 Å². The van der Waals surface area contributed by atoms with Gasteiger partial charge in [-0.2, -0.15) is 0 Å². The van der Waals surface area contributed by atoms with Crippen LogP contribution in [0.1, 0.15) is 22.9 Å². The summed E-state index contributed by atoms with van der Waals surface area (Å²) in [5.74, 6) is 0.709. The van der Waals surface area contributed by atoms with E-state index in [0.29, 0.717) is 5.75 Å². The quantitative estimate of drug-likeness (QED) is 0.730. The molecule has 2 rings (SSSR count). The second-order valence-corrected chi connectivity index (χ2v) is 7.09. The van der Waals surface area contributed by atoms with Gasteiger partial charge in [0, 0.05) is 16.3 Å². The van der Waals surface area contributed by atoms with Crippen molar-refractivity contribution >= 4 is 29.0 Å². The molecule has 0 aliphatic carbocycles. The van der Waals surface area contributed by atoms with Gasteiger partial charge >= 0.3 is 0 Å². The Hall–Kier alpha value is -1.26. The number of carbonyl (C=O) groups is 1. The number of hydrogen-bond acceptors (Lipinski definition) is 3. The Morgan fingerprint density at radius 2 is 2.10 bits per heavy atom. The normalized spacial score (nSPS) is 10.6. The Labute approximate surface area is 135 Å². The number of hydrogen-bond donors (Lipinski definition) is 0. The summed E-state index contributed by atoms with van der Waals surface area (Å²) in [5.41, 5.74) is 2.47. The lowest BCUT2D eigenvalue weighted by Crippen LogP contribution is -2.31. The molecular formula is C17H21NOS2. The Bertz CT molecular complexity index is 593. The third-order valence-electron chi connectivity index (χ3n) is 3.36. The van der Waals surface area contributed by atoms with Gasteiger partial charge in [0.2, 0.25) is 5.91 Å². The van der Waals surface area contributed by atoms with Gasteiger partial charge < -0.3 is 4.90 Å². The van der Waals surface area contributed by atoms with Crippen molar-refractivity contribution in [1.29, 1.82) is 0 Å². The van der Waals surface area contributed by atoms with E-state index in [4.69, 9.17) is 0 Å². The fourth-order valence-electron chi connectivity index (χ4n) is 2.06. The first-order valence-electron chi connectivity index (χ1n) is 7.10. The molecule has 112 valence electrons. The number of benzene rings is 1. The molecule has 0 spiro atoms. The summed E-state index contributed by atoms with van der Waals surface area (Å²) in [6.07, 6.45) is 0. The van der Waals surface area contributed by atoms with Crippen molar-refractivity contribution in [3.05, 3.63) is 51.7 Å². The van der Waals surface area contributed by atoms with Gasteiger partial charge in [0.1, 0.15) is 0 Å². The maximum absolute atomic E-state index is 12.4. The molecule has 0 unspecified atom stereocenters. The lowest BCUT2D eigenvalue weighted by Gasteiger charge is -2.20. The number of thiophene rings is 1. The highest BCUT2D eigenvalue weighted by atomic mass is 32.2. The van der Waals surface area contributed by atoms with Crippen molar-refractivity contribution in [2.45, 2.75) is 32.2 Å². The second kappa shape index (κ2) is 7.66. The largest absolute Gasteiger partial charge is 0.337 e. The van der Waals surface area contributed by atoms with Gasteiger partial charge in [-0.25, -0.2) is 0 Å². The summed E-state index contributed by atoms with van der Waals surface area (Å²) in [5, 5.41) is 2.05. The predicted molar refractivity (Wildman–Crippen MR) is 92.1 cm³/mol. The molecule has 0 fully saturated rings. The minimum Gasteiger partial charge on any atom is -0.337 e. The van der Waals surface area contributed by atoms with E-state index in [1.807, 2.05) is 17.9 Å². The Morgan fingerprint density at radius 3 is 2.76 bits per heavy atom. The van der Waals surface area contributed by atoms with Crippen molar-refractivity contribution in [3.8, 4) is 0 Å². The van der Waals surface area contributed by atoms with Crippen LogP contribution in [-0.4, -0.2) is 23.1 Å². The maximum Gasteiger partial charge on any atom is 0.233 e. The third-order valence-corrected chi connectivity index (χ3v) is 5.36. The number of carbonyl (C=O) groups excluding carboxylic acids is 1. The average Bonchev–Trinajstić information content (AvgIpc) is 2.98. The van der Waals surface area contributed by atoms with Gasteiger partial charge in [-0.1, -0.05) is 23.8 Å². The number of aryl methyl sites for hydroxylation is 2. The van der Waals surface area contributed by atoms with Crippen molar-refractivity contribution in [1.82, 2.24) is 4.90 Å². The van der Waals surface area contributed by atoms with Crippen LogP contribution in [0.25, 0.3) is 0 Å². The molecule has 0 bridgehead atoms. The molecule has 21 heavy (non-hydrogen) atoms. The fraction of sp³-hybridized carbons (Fsp3) is 0.353. The lowest BCUT2D eigenvalue weighted by molar-refractivity contribution is -0.128. The molecule has 4 heteroatoms. The summed E-state index contributed by atoms with van der Waals surface area (Å²) < 4.78 is 0. The summed E-state index contributed by atoms with van der Waals surface area (Å²) in [4.78, 5) is 16.7. The molecule has 2 nitrogen and oxygen atoms in total. The molecule has 1 aromatic carbocycles. The highest BCUT2D eigenvalue weighted by Crippen LogP contribution is 2.24. The third kappa shape index (κ3) is 4.61. The van der Waals surface area contributed by atoms with Crippen LogP contribution in [0.15, 0.2) is 40.6 Å². The van der Waals surface area contributed by atoms with Crippen molar-refractivity contribution in [2.75, 3.05) is 12.3 Å². The molecular weight excluding hydrogens is 298 g/mol. The summed E-state index contributed by atoms with van der Waals surface area (Å²) in [6, 6.07) is 10.5.